The summed E-state index contributed by atoms with van der Waals surface area (Å²) >= 11 is 7.53. The van der Waals surface area contributed by atoms with Crippen molar-refractivity contribution in [2.45, 2.75) is 37.8 Å². The van der Waals surface area contributed by atoms with E-state index in [2.05, 4.69) is 14.5 Å². The number of piperidine rings is 1. The number of nitrogens with zero attached hydrogens (tertiary/aromatic N) is 2. The van der Waals surface area contributed by atoms with E-state index in [9.17, 15) is 4.39 Å². The van der Waals surface area contributed by atoms with Crippen molar-refractivity contribution in [1.29, 1.82) is 0 Å². The number of fused-ring (bicyclic) bond motifs is 2. The standard InChI is InChI=1S/C15H17FIN3S/c16-11-7-14-13(8-12(11)17)18-15(21)20(14)10-3-5-19-4-1-2-9(19)6-10/h7-10H,1-6H2,(H,18,21). The third kappa shape index (κ3) is 2.35. The summed E-state index contributed by atoms with van der Waals surface area (Å²) in [5.41, 5.74) is 1.86. The second-order valence-electron chi connectivity index (χ2n) is 6.09. The lowest BCUT2D eigenvalue weighted by Gasteiger charge is -2.35. The molecule has 2 atom stereocenters. The Hall–Kier alpha value is -0.470. The molecular weight excluding hydrogens is 400 g/mol. The van der Waals surface area contributed by atoms with Crippen molar-refractivity contribution in [2.75, 3.05) is 13.1 Å². The molecule has 0 spiro atoms. The molecule has 2 fully saturated rings. The van der Waals surface area contributed by atoms with Gasteiger partial charge in [-0.3, -0.25) is 0 Å². The van der Waals surface area contributed by atoms with Crippen LogP contribution in [0.5, 0.6) is 0 Å². The van der Waals surface area contributed by atoms with Gasteiger partial charge in [0.1, 0.15) is 5.82 Å². The first-order valence-corrected chi connectivity index (χ1v) is 8.95. The predicted octanol–water partition coefficient (Wildman–Crippen LogP) is 4.24. The quantitative estimate of drug-likeness (QED) is 0.555. The van der Waals surface area contributed by atoms with Gasteiger partial charge in [-0.1, -0.05) is 0 Å². The van der Waals surface area contributed by atoms with Crippen LogP contribution in [-0.2, 0) is 0 Å². The number of imidazole rings is 1. The lowest BCUT2D eigenvalue weighted by molar-refractivity contribution is 0.156. The van der Waals surface area contributed by atoms with Crippen molar-refractivity contribution < 1.29 is 4.39 Å². The molecule has 0 saturated carbocycles. The number of rotatable bonds is 1. The van der Waals surface area contributed by atoms with Crippen LogP contribution < -0.4 is 0 Å². The number of nitrogens with one attached hydrogen (secondary N) is 1. The molecule has 2 aliphatic heterocycles. The zero-order chi connectivity index (χ0) is 14.6. The fourth-order valence-electron chi connectivity index (χ4n) is 3.92. The van der Waals surface area contributed by atoms with E-state index in [1.54, 1.807) is 6.07 Å². The van der Waals surface area contributed by atoms with Gasteiger partial charge in [-0.25, -0.2) is 4.39 Å². The van der Waals surface area contributed by atoms with E-state index in [1.165, 1.54) is 19.4 Å². The van der Waals surface area contributed by atoms with E-state index < -0.39 is 0 Å². The SMILES string of the molecule is Fc1cc2c(cc1I)[nH]c(=S)n2C1CCN2CCCC2C1. The van der Waals surface area contributed by atoms with Crippen molar-refractivity contribution in [2.24, 2.45) is 0 Å². The summed E-state index contributed by atoms with van der Waals surface area (Å²) in [5.74, 6) is -0.163. The highest BCUT2D eigenvalue weighted by molar-refractivity contribution is 14.1. The first kappa shape index (κ1) is 14.1. The second kappa shape index (κ2) is 5.31. The molecule has 4 rings (SSSR count). The molecule has 3 nitrogen and oxygen atoms in total. The summed E-state index contributed by atoms with van der Waals surface area (Å²) in [5, 5.41) is 0. The number of halogens is 2. The summed E-state index contributed by atoms with van der Waals surface area (Å²) in [6.07, 6.45) is 4.84. The summed E-state index contributed by atoms with van der Waals surface area (Å²) in [4.78, 5) is 5.84. The van der Waals surface area contributed by atoms with Gasteiger partial charge in [-0.15, -0.1) is 0 Å². The number of aromatic amines is 1. The fraction of sp³-hybridized carbons (Fsp3) is 0.533. The first-order valence-electron chi connectivity index (χ1n) is 7.47. The molecule has 1 aromatic carbocycles. The average Bonchev–Trinajstić information content (AvgIpc) is 3.02. The molecule has 1 N–H and O–H groups in total. The molecule has 2 aromatic rings. The van der Waals surface area contributed by atoms with E-state index >= 15 is 0 Å². The van der Waals surface area contributed by atoms with Gasteiger partial charge in [0.15, 0.2) is 4.77 Å². The Balaban J connectivity index is 1.77. The van der Waals surface area contributed by atoms with Gasteiger partial charge in [0.05, 0.1) is 14.6 Å². The van der Waals surface area contributed by atoms with Crippen LogP contribution in [0.2, 0.25) is 0 Å². The maximum Gasteiger partial charge on any atom is 0.178 e. The van der Waals surface area contributed by atoms with Gasteiger partial charge in [-0.2, -0.15) is 0 Å². The van der Waals surface area contributed by atoms with Crippen LogP contribution in [0.25, 0.3) is 11.0 Å². The zero-order valence-corrected chi connectivity index (χ0v) is 14.6. The molecule has 6 heteroatoms. The van der Waals surface area contributed by atoms with Crippen LogP contribution in [0, 0.1) is 14.2 Å². The minimum Gasteiger partial charge on any atom is -0.331 e. The molecule has 112 valence electrons. The maximum absolute atomic E-state index is 13.9. The highest BCUT2D eigenvalue weighted by Crippen LogP contribution is 2.35. The van der Waals surface area contributed by atoms with E-state index in [4.69, 9.17) is 12.2 Å². The van der Waals surface area contributed by atoms with E-state index in [0.29, 0.717) is 15.7 Å². The largest absolute Gasteiger partial charge is 0.331 e. The minimum absolute atomic E-state index is 0.163. The van der Waals surface area contributed by atoms with Crippen LogP contribution in [0.4, 0.5) is 4.39 Å². The molecule has 2 aliphatic rings. The Morgan fingerprint density at radius 3 is 2.95 bits per heavy atom. The number of aromatic nitrogens is 2. The molecule has 3 heterocycles. The Morgan fingerprint density at radius 1 is 1.24 bits per heavy atom. The van der Waals surface area contributed by atoms with Crippen molar-refractivity contribution in [3.05, 3.63) is 26.3 Å². The molecule has 1 aromatic heterocycles. The third-order valence-electron chi connectivity index (χ3n) is 4.92. The third-order valence-corrected chi connectivity index (χ3v) is 6.04. The monoisotopic (exact) mass is 417 g/mol. The van der Waals surface area contributed by atoms with Crippen molar-refractivity contribution in [1.82, 2.24) is 14.5 Å². The summed E-state index contributed by atoms with van der Waals surface area (Å²) < 4.78 is 17.5. The Morgan fingerprint density at radius 2 is 2.10 bits per heavy atom. The maximum atomic E-state index is 13.9. The van der Waals surface area contributed by atoms with E-state index in [1.807, 2.05) is 28.7 Å². The normalized spacial score (nSPS) is 26.4. The lowest BCUT2D eigenvalue weighted by atomic mass is 9.97. The van der Waals surface area contributed by atoms with Gasteiger partial charge in [0.25, 0.3) is 0 Å². The van der Waals surface area contributed by atoms with Gasteiger partial charge in [0.2, 0.25) is 0 Å². The van der Waals surface area contributed by atoms with Gasteiger partial charge in [-0.05, 0) is 73.1 Å². The van der Waals surface area contributed by atoms with Gasteiger partial charge < -0.3 is 14.5 Å². The minimum atomic E-state index is -0.163. The molecule has 0 aliphatic carbocycles. The Kier molecular flexibility index (Phi) is 3.58. The Bertz CT molecular complexity index is 753. The topological polar surface area (TPSA) is 24.0 Å². The Labute approximate surface area is 141 Å². The molecule has 2 saturated heterocycles. The summed E-state index contributed by atoms with van der Waals surface area (Å²) in [6.45, 7) is 2.38. The molecule has 21 heavy (non-hydrogen) atoms. The molecule has 0 radical (unpaired) electrons. The molecular formula is C15H17FIN3S. The second-order valence-corrected chi connectivity index (χ2v) is 7.64. The van der Waals surface area contributed by atoms with Crippen molar-refractivity contribution >= 4 is 45.8 Å². The van der Waals surface area contributed by atoms with Gasteiger partial charge >= 0.3 is 0 Å². The predicted molar refractivity (Wildman–Crippen MR) is 92.7 cm³/mol. The van der Waals surface area contributed by atoms with Crippen LogP contribution in [0.3, 0.4) is 0 Å². The summed E-state index contributed by atoms with van der Waals surface area (Å²) in [7, 11) is 0. The van der Waals surface area contributed by atoms with Crippen molar-refractivity contribution in [3.8, 4) is 0 Å². The number of hydrogen-bond acceptors (Lipinski definition) is 2. The number of benzene rings is 1. The molecule has 0 bridgehead atoms. The smallest absolute Gasteiger partial charge is 0.178 e. The highest BCUT2D eigenvalue weighted by atomic mass is 127. The van der Waals surface area contributed by atoms with E-state index in [-0.39, 0.29) is 5.82 Å². The van der Waals surface area contributed by atoms with E-state index in [0.717, 1.165) is 35.2 Å². The fourth-order valence-corrected chi connectivity index (χ4v) is 4.75. The zero-order valence-electron chi connectivity index (χ0n) is 11.6. The number of hydrogen-bond donors (Lipinski definition) is 1. The summed E-state index contributed by atoms with van der Waals surface area (Å²) in [6, 6.07) is 4.56. The highest BCUT2D eigenvalue weighted by Gasteiger charge is 2.33. The van der Waals surface area contributed by atoms with Crippen LogP contribution >= 0.6 is 34.8 Å². The van der Waals surface area contributed by atoms with Crippen LogP contribution in [0.15, 0.2) is 12.1 Å². The molecule has 0 amide bonds. The van der Waals surface area contributed by atoms with Crippen LogP contribution in [0.1, 0.15) is 31.7 Å². The lowest BCUT2D eigenvalue weighted by Crippen LogP contribution is -2.38. The van der Waals surface area contributed by atoms with Gasteiger partial charge in [0, 0.05) is 24.7 Å². The van der Waals surface area contributed by atoms with Crippen molar-refractivity contribution in [3.63, 3.8) is 0 Å². The van der Waals surface area contributed by atoms with Crippen LogP contribution in [-0.4, -0.2) is 33.6 Å². The average molecular weight is 417 g/mol. The first-order chi connectivity index (χ1) is 10.1. The molecule has 2 unspecified atom stereocenters. The number of H-pyrrole nitrogens is 1.